The van der Waals surface area contributed by atoms with E-state index in [9.17, 15) is 4.79 Å². The van der Waals surface area contributed by atoms with Crippen molar-refractivity contribution in [1.82, 2.24) is 15.5 Å². The molecule has 5 nitrogen and oxygen atoms in total. The highest BCUT2D eigenvalue weighted by molar-refractivity contribution is 5.97. The Bertz CT molecular complexity index is 895. The van der Waals surface area contributed by atoms with E-state index in [-0.39, 0.29) is 11.9 Å². The van der Waals surface area contributed by atoms with Gasteiger partial charge in [0.05, 0.1) is 22.7 Å². The molecule has 1 saturated carbocycles. The van der Waals surface area contributed by atoms with Crippen molar-refractivity contribution in [2.75, 3.05) is 0 Å². The highest BCUT2D eigenvalue weighted by Crippen LogP contribution is 2.41. The third-order valence-corrected chi connectivity index (χ3v) is 4.59. The molecule has 4 rings (SSSR count). The maximum Gasteiger partial charge on any atom is 0.257 e. The van der Waals surface area contributed by atoms with Gasteiger partial charge >= 0.3 is 0 Å². The summed E-state index contributed by atoms with van der Waals surface area (Å²) in [5.41, 5.74) is 4.11. The van der Waals surface area contributed by atoms with Crippen LogP contribution in [-0.4, -0.2) is 16.0 Å². The maximum absolute atomic E-state index is 12.7. The summed E-state index contributed by atoms with van der Waals surface area (Å²) in [7, 11) is 0. The molecule has 2 heterocycles. The molecule has 1 amide bonds. The lowest BCUT2D eigenvalue weighted by Gasteiger charge is -2.19. The highest BCUT2D eigenvalue weighted by atomic mass is 16.5. The number of fused-ring (bicyclic) bond motifs is 1. The van der Waals surface area contributed by atoms with Crippen molar-refractivity contribution in [2.45, 2.75) is 32.7 Å². The zero-order chi connectivity index (χ0) is 16.7. The summed E-state index contributed by atoms with van der Waals surface area (Å²) in [4.78, 5) is 16.9. The molecule has 0 saturated heterocycles. The molecule has 0 radical (unpaired) electrons. The Labute approximate surface area is 140 Å². The van der Waals surface area contributed by atoms with E-state index in [0.717, 1.165) is 29.5 Å². The Morgan fingerprint density at radius 1 is 1.25 bits per heavy atom. The molecule has 1 aliphatic rings. The van der Waals surface area contributed by atoms with Crippen molar-refractivity contribution < 1.29 is 9.32 Å². The van der Waals surface area contributed by atoms with Gasteiger partial charge in [-0.1, -0.05) is 35.0 Å². The van der Waals surface area contributed by atoms with Crippen molar-refractivity contribution in [2.24, 2.45) is 5.92 Å². The van der Waals surface area contributed by atoms with Crippen LogP contribution in [-0.2, 0) is 0 Å². The van der Waals surface area contributed by atoms with Gasteiger partial charge in [0.1, 0.15) is 0 Å². The molecule has 1 atom stereocenters. The molecule has 0 spiro atoms. The lowest BCUT2D eigenvalue weighted by molar-refractivity contribution is 0.0931. The van der Waals surface area contributed by atoms with Gasteiger partial charge in [-0.15, -0.1) is 0 Å². The number of hydrogen-bond acceptors (Lipinski definition) is 4. The topological polar surface area (TPSA) is 68.0 Å². The summed E-state index contributed by atoms with van der Waals surface area (Å²) in [5, 5.41) is 7.84. The number of nitrogens with one attached hydrogen (secondary N) is 1. The summed E-state index contributed by atoms with van der Waals surface area (Å²) >= 11 is 0. The van der Waals surface area contributed by atoms with Crippen LogP contribution in [0.5, 0.6) is 0 Å². The minimum absolute atomic E-state index is 0.0531. The summed E-state index contributed by atoms with van der Waals surface area (Å²) in [5.74, 6) is 0.410. The van der Waals surface area contributed by atoms with Crippen LogP contribution in [0.1, 0.15) is 46.1 Å². The monoisotopic (exact) mass is 321 g/mol. The average molecular weight is 321 g/mol. The maximum atomic E-state index is 12.7. The van der Waals surface area contributed by atoms with Gasteiger partial charge in [-0.25, -0.2) is 4.98 Å². The molecule has 24 heavy (non-hydrogen) atoms. The number of carbonyl (C=O) groups excluding carboxylic acids is 1. The van der Waals surface area contributed by atoms with E-state index >= 15 is 0 Å². The smallest absolute Gasteiger partial charge is 0.257 e. The quantitative estimate of drug-likeness (QED) is 0.795. The van der Waals surface area contributed by atoms with Gasteiger partial charge in [0.2, 0.25) is 0 Å². The summed E-state index contributed by atoms with van der Waals surface area (Å²) in [6, 6.07) is 10.2. The predicted molar refractivity (Wildman–Crippen MR) is 90.7 cm³/mol. The molecule has 3 aromatic rings. The third kappa shape index (κ3) is 2.77. The van der Waals surface area contributed by atoms with E-state index in [0.29, 0.717) is 17.2 Å². The standard InChI is InChI=1S/C19H19N3O2/c1-11-3-5-13(6-4-11)17(14-7-8-14)21-18(23)15-9-16-12(2)22-24-19(16)20-10-15/h3-6,9-10,14,17H,7-8H2,1-2H3,(H,21,23). The Hall–Kier alpha value is -2.69. The van der Waals surface area contributed by atoms with Gasteiger partial charge in [-0.2, -0.15) is 0 Å². The fourth-order valence-corrected chi connectivity index (χ4v) is 2.97. The molecule has 1 fully saturated rings. The van der Waals surface area contributed by atoms with Gasteiger partial charge in [0.25, 0.3) is 11.6 Å². The zero-order valence-corrected chi connectivity index (χ0v) is 13.7. The average Bonchev–Trinajstić information content (AvgIpc) is 3.37. The molecular formula is C19H19N3O2. The number of aromatic nitrogens is 2. The molecule has 1 aromatic carbocycles. The van der Waals surface area contributed by atoms with Crippen LogP contribution < -0.4 is 5.32 Å². The largest absolute Gasteiger partial charge is 0.345 e. The van der Waals surface area contributed by atoms with Crippen LogP contribution in [0.4, 0.5) is 0 Å². The van der Waals surface area contributed by atoms with Crippen molar-refractivity contribution in [3.8, 4) is 0 Å². The molecule has 2 aromatic heterocycles. The number of hydrogen-bond donors (Lipinski definition) is 1. The first-order chi connectivity index (χ1) is 11.6. The van der Waals surface area contributed by atoms with Gasteiger partial charge in [-0.05, 0) is 44.2 Å². The number of benzene rings is 1. The molecule has 1 N–H and O–H groups in total. The molecule has 0 bridgehead atoms. The van der Waals surface area contributed by atoms with Crippen LogP contribution in [0.3, 0.4) is 0 Å². The van der Waals surface area contributed by atoms with Gasteiger partial charge in [0.15, 0.2) is 0 Å². The second-order valence-electron chi connectivity index (χ2n) is 6.54. The van der Waals surface area contributed by atoms with Crippen molar-refractivity contribution in [3.63, 3.8) is 0 Å². The normalized spacial score (nSPS) is 15.4. The minimum atomic E-state index is -0.109. The van der Waals surface area contributed by atoms with E-state index in [2.05, 4.69) is 46.6 Å². The minimum Gasteiger partial charge on any atom is -0.345 e. The van der Waals surface area contributed by atoms with E-state index in [1.54, 1.807) is 12.3 Å². The lowest BCUT2D eigenvalue weighted by atomic mass is 10.0. The summed E-state index contributed by atoms with van der Waals surface area (Å²) < 4.78 is 5.10. The molecule has 1 aliphatic carbocycles. The van der Waals surface area contributed by atoms with Crippen molar-refractivity contribution >= 4 is 17.0 Å². The molecule has 1 unspecified atom stereocenters. The van der Waals surface area contributed by atoms with Crippen LogP contribution in [0.2, 0.25) is 0 Å². The Morgan fingerprint density at radius 3 is 2.71 bits per heavy atom. The van der Waals surface area contributed by atoms with Crippen LogP contribution in [0, 0.1) is 19.8 Å². The SMILES string of the molecule is Cc1ccc(C(NC(=O)c2cnc3onc(C)c3c2)C2CC2)cc1. The van der Waals surface area contributed by atoms with Gasteiger partial charge in [-0.3, -0.25) is 4.79 Å². The Kier molecular flexibility index (Phi) is 3.56. The first kappa shape index (κ1) is 14.9. The second-order valence-corrected chi connectivity index (χ2v) is 6.54. The number of aryl methyl sites for hydroxylation is 2. The number of pyridine rings is 1. The van der Waals surface area contributed by atoms with Crippen LogP contribution in [0.15, 0.2) is 41.1 Å². The van der Waals surface area contributed by atoms with Crippen molar-refractivity contribution in [3.05, 3.63) is 58.9 Å². The predicted octanol–water partition coefficient (Wildman–Crippen LogP) is 3.72. The lowest BCUT2D eigenvalue weighted by Crippen LogP contribution is -2.30. The summed E-state index contributed by atoms with van der Waals surface area (Å²) in [6.45, 7) is 3.91. The van der Waals surface area contributed by atoms with E-state index in [1.165, 1.54) is 5.56 Å². The van der Waals surface area contributed by atoms with Gasteiger partial charge < -0.3 is 9.84 Å². The Balaban J connectivity index is 1.60. The fraction of sp³-hybridized carbons (Fsp3) is 0.316. The van der Waals surface area contributed by atoms with E-state index in [1.807, 2.05) is 6.92 Å². The molecule has 0 aliphatic heterocycles. The molecule has 5 heteroatoms. The van der Waals surface area contributed by atoms with Gasteiger partial charge in [0, 0.05) is 6.20 Å². The number of amides is 1. The summed E-state index contributed by atoms with van der Waals surface area (Å²) in [6.07, 6.45) is 3.85. The second kappa shape index (κ2) is 5.74. The number of carbonyl (C=O) groups is 1. The number of rotatable bonds is 4. The highest BCUT2D eigenvalue weighted by Gasteiger charge is 2.33. The zero-order valence-electron chi connectivity index (χ0n) is 13.7. The van der Waals surface area contributed by atoms with E-state index < -0.39 is 0 Å². The fourth-order valence-electron chi connectivity index (χ4n) is 2.97. The third-order valence-electron chi connectivity index (χ3n) is 4.59. The van der Waals surface area contributed by atoms with E-state index in [4.69, 9.17) is 4.52 Å². The first-order valence-corrected chi connectivity index (χ1v) is 8.21. The van der Waals surface area contributed by atoms with Crippen molar-refractivity contribution in [1.29, 1.82) is 0 Å². The Morgan fingerprint density at radius 2 is 2.00 bits per heavy atom. The molecule has 122 valence electrons. The number of nitrogens with zero attached hydrogens (tertiary/aromatic N) is 2. The van der Waals surface area contributed by atoms with Crippen LogP contribution >= 0.6 is 0 Å². The first-order valence-electron chi connectivity index (χ1n) is 8.21. The van der Waals surface area contributed by atoms with Crippen LogP contribution in [0.25, 0.3) is 11.1 Å². The molecular weight excluding hydrogens is 302 g/mol.